The summed E-state index contributed by atoms with van der Waals surface area (Å²) in [5.41, 5.74) is 4.69. The Morgan fingerprint density at radius 1 is 0.682 bits per heavy atom. The minimum absolute atomic E-state index is 0.726. The van der Waals surface area contributed by atoms with E-state index < -0.39 is 11.9 Å². The Morgan fingerprint density at radius 2 is 1.11 bits per heavy atom. The molecule has 0 fully saturated rings. The summed E-state index contributed by atoms with van der Waals surface area (Å²) >= 11 is 0. The molecule has 6 N–H and O–H groups in total. The number of aliphatic carboxylic acids is 2. The average molecular weight is 603 g/mol. The maximum absolute atomic E-state index is 9.10. The third-order valence-electron chi connectivity index (χ3n) is 6.52. The van der Waals surface area contributed by atoms with Crippen molar-refractivity contribution in [1.82, 2.24) is 20.6 Å². The van der Waals surface area contributed by atoms with E-state index in [9.17, 15) is 0 Å². The molecule has 12 heteroatoms. The molecule has 6 aromatic rings. The second-order valence-corrected chi connectivity index (χ2v) is 9.43. The fraction of sp³-hybridized carbons (Fsp3) is 0.188. The van der Waals surface area contributed by atoms with Crippen molar-refractivity contribution in [2.75, 3.05) is 14.2 Å². The Hall–Kier alpha value is -5.46. The molecule has 0 saturated carbocycles. The van der Waals surface area contributed by atoms with Crippen LogP contribution in [0.1, 0.15) is 22.6 Å². The molecule has 44 heavy (non-hydrogen) atoms. The van der Waals surface area contributed by atoms with Crippen molar-refractivity contribution in [2.24, 2.45) is 0 Å². The second kappa shape index (κ2) is 15.7. The van der Waals surface area contributed by atoms with Crippen LogP contribution in [-0.4, -0.2) is 46.3 Å². The first-order valence-electron chi connectivity index (χ1n) is 13.6. The molecule has 6 rings (SSSR count). The van der Waals surface area contributed by atoms with E-state index in [0.717, 1.165) is 60.2 Å². The van der Waals surface area contributed by atoms with Crippen LogP contribution in [0.4, 0.5) is 0 Å². The number of hydrogen-bond donors (Lipinski definition) is 6. The summed E-state index contributed by atoms with van der Waals surface area (Å²) in [5.74, 6) is -0.0152. The van der Waals surface area contributed by atoms with Crippen LogP contribution in [0, 0.1) is 0 Å². The Morgan fingerprint density at radius 3 is 1.45 bits per heavy atom. The first-order chi connectivity index (χ1) is 21.4. The standard InChI is InChI=1S/2C15H16N2O2.C2H2O4/c2*1-18-12-4-5-15-14(7-12)11(9-17-15)8-16-10-13-3-2-6-19-13;3-1(4)2(5)6/h2*2-7,9,16-17H,8,10H2,1H3;(H,3,4)(H,5,6). The number of aromatic amines is 2. The number of H-pyrrole nitrogens is 2. The highest BCUT2D eigenvalue weighted by molar-refractivity contribution is 6.27. The van der Waals surface area contributed by atoms with Gasteiger partial charge in [-0.15, -0.1) is 0 Å². The number of hydrogen-bond acceptors (Lipinski definition) is 8. The van der Waals surface area contributed by atoms with Crippen LogP contribution in [0.5, 0.6) is 11.5 Å². The highest BCUT2D eigenvalue weighted by Crippen LogP contribution is 2.24. The smallest absolute Gasteiger partial charge is 0.414 e. The first kappa shape index (κ1) is 31.5. The molecule has 0 aliphatic rings. The van der Waals surface area contributed by atoms with Gasteiger partial charge in [0.25, 0.3) is 0 Å². The number of ether oxygens (including phenoxy) is 2. The molecular weight excluding hydrogens is 568 g/mol. The van der Waals surface area contributed by atoms with E-state index in [-0.39, 0.29) is 0 Å². The van der Waals surface area contributed by atoms with Gasteiger partial charge in [-0.25, -0.2) is 9.59 Å². The normalized spacial score (nSPS) is 10.5. The monoisotopic (exact) mass is 602 g/mol. The van der Waals surface area contributed by atoms with Crippen LogP contribution in [0.25, 0.3) is 21.8 Å². The van der Waals surface area contributed by atoms with Gasteiger partial charge in [-0.05, 0) is 71.8 Å². The van der Waals surface area contributed by atoms with Crippen molar-refractivity contribution in [3.8, 4) is 11.5 Å². The maximum Gasteiger partial charge on any atom is 0.414 e. The lowest BCUT2D eigenvalue weighted by molar-refractivity contribution is -0.159. The molecule has 4 aromatic heterocycles. The summed E-state index contributed by atoms with van der Waals surface area (Å²) in [6, 6.07) is 19.8. The van der Waals surface area contributed by atoms with Crippen molar-refractivity contribution in [3.05, 3.63) is 108 Å². The lowest BCUT2D eigenvalue weighted by Crippen LogP contribution is -2.11. The molecule has 4 heterocycles. The van der Waals surface area contributed by atoms with E-state index in [4.69, 9.17) is 38.1 Å². The fourth-order valence-electron chi connectivity index (χ4n) is 4.33. The second-order valence-electron chi connectivity index (χ2n) is 9.43. The zero-order chi connectivity index (χ0) is 31.3. The molecule has 12 nitrogen and oxygen atoms in total. The van der Waals surface area contributed by atoms with Gasteiger partial charge in [-0.3, -0.25) is 0 Å². The van der Waals surface area contributed by atoms with Gasteiger partial charge >= 0.3 is 11.9 Å². The van der Waals surface area contributed by atoms with E-state index in [1.165, 1.54) is 21.9 Å². The van der Waals surface area contributed by atoms with Gasteiger partial charge in [-0.1, -0.05) is 0 Å². The quantitative estimate of drug-likeness (QED) is 0.113. The van der Waals surface area contributed by atoms with Crippen LogP contribution in [-0.2, 0) is 35.8 Å². The summed E-state index contributed by atoms with van der Waals surface area (Å²) in [4.78, 5) is 24.7. The van der Waals surface area contributed by atoms with Gasteiger partial charge in [-0.2, -0.15) is 0 Å². The van der Waals surface area contributed by atoms with Crippen LogP contribution in [0.2, 0.25) is 0 Å². The lowest BCUT2D eigenvalue weighted by Gasteiger charge is -2.03. The Kier molecular flexibility index (Phi) is 11.2. The summed E-state index contributed by atoms with van der Waals surface area (Å²) in [6.07, 6.45) is 7.43. The third kappa shape index (κ3) is 8.77. The zero-order valence-corrected chi connectivity index (χ0v) is 24.3. The molecule has 0 spiro atoms. The molecule has 0 atom stereocenters. The number of nitrogens with one attached hydrogen (secondary N) is 4. The third-order valence-corrected chi connectivity index (χ3v) is 6.52. The van der Waals surface area contributed by atoms with E-state index in [1.807, 2.05) is 60.9 Å². The number of carboxylic acid groups (broad SMARTS) is 2. The summed E-state index contributed by atoms with van der Waals surface area (Å²) in [5, 5.41) is 23.9. The number of carboxylic acids is 2. The van der Waals surface area contributed by atoms with Crippen molar-refractivity contribution < 1.29 is 38.1 Å². The molecule has 0 bridgehead atoms. The molecule has 0 radical (unpaired) electrons. The predicted molar refractivity (Wildman–Crippen MR) is 163 cm³/mol. The van der Waals surface area contributed by atoms with Crippen molar-refractivity contribution in [3.63, 3.8) is 0 Å². The van der Waals surface area contributed by atoms with Gasteiger partial charge in [0, 0.05) is 47.3 Å². The van der Waals surface area contributed by atoms with Gasteiger partial charge < -0.3 is 49.1 Å². The number of methoxy groups -OCH3 is 2. The topological polar surface area (TPSA) is 175 Å². The van der Waals surface area contributed by atoms with Crippen molar-refractivity contribution >= 4 is 33.7 Å². The number of aromatic nitrogens is 2. The van der Waals surface area contributed by atoms with Gasteiger partial charge in [0.05, 0.1) is 39.8 Å². The average Bonchev–Trinajstić information content (AvgIpc) is 3.86. The SMILES string of the molecule is COc1ccc2[nH]cc(CNCc3ccco3)c2c1.COc1ccc2[nH]cc(CNCc3ccco3)c2c1.O=C(O)C(=O)O. The Bertz CT molecular complexity index is 1620. The van der Waals surface area contributed by atoms with Crippen molar-refractivity contribution in [1.29, 1.82) is 0 Å². The highest BCUT2D eigenvalue weighted by Gasteiger charge is 2.07. The number of fused-ring (bicyclic) bond motifs is 2. The molecular formula is C32H34N4O8. The molecule has 0 amide bonds. The van der Waals surface area contributed by atoms with Crippen LogP contribution in [0.3, 0.4) is 0 Å². The summed E-state index contributed by atoms with van der Waals surface area (Å²) < 4.78 is 21.1. The molecule has 0 saturated heterocycles. The van der Waals surface area contributed by atoms with E-state index in [2.05, 4.69) is 32.7 Å². The minimum Gasteiger partial charge on any atom is -0.497 e. The molecule has 0 aliphatic heterocycles. The van der Waals surface area contributed by atoms with Crippen LogP contribution < -0.4 is 20.1 Å². The van der Waals surface area contributed by atoms with Gasteiger partial charge in [0.1, 0.15) is 23.0 Å². The Balaban J connectivity index is 0.000000170. The van der Waals surface area contributed by atoms with Gasteiger partial charge in [0.2, 0.25) is 0 Å². The van der Waals surface area contributed by atoms with Crippen molar-refractivity contribution in [2.45, 2.75) is 26.2 Å². The number of furan rings is 2. The number of rotatable bonds is 10. The molecule has 0 unspecified atom stereocenters. The first-order valence-corrected chi connectivity index (χ1v) is 13.6. The van der Waals surface area contributed by atoms with Crippen LogP contribution >= 0.6 is 0 Å². The Labute approximate surface area is 252 Å². The predicted octanol–water partition coefficient (Wildman–Crippen LogP) is 5.27. The van der Waals surface area contributed by atoms with E-state index in [1.54, 1.807) is 26.7 Å². The van der Waals surface area contributed by atoms with Crippen LogP contribution in [0.15, 0.2) is 94.4 Å². The van der Waals surface area contributed by atoms with E-state index in [0.29, 0.717) is 0 Å². The fourth-order valence-corrected chi connectivity index (χ4v) is 4.33. The summed E-state index contributed by atoms with van der Waals surface area (Å²) in [6.45, 7) is 3.02. The number of carbonyl (C=O) groups is 2. The minimum atomic E-state index is -1.82. The number of benzene rings is 2. The molecule has 230 valence electrons. The zero-order valence-electron chi connectivity index (χ0n) is 24.3. The maximum atomic E-state index is 9.10. The molecule has 0 aliphatic carbocycles. The largest absolute Gasteiger partial charge is 0.497 e. The van der Waals surface area contributed by atoms with E-state index >= 15 is 0 Å². The molecule has 2 aromatic carbocycles. The summed E-state index contributed by atoms with van der Waals surface area (Å²) in [7, 11) is 3.37. The van der Waals surface area contributed by atoms with Gasteiger partial charge in [0.15, 0.2) is 0 Å². The highest BCUT2D eigenvalue weighted by atomic mass is 16.5. The lowest BCUT2D eigenvalue weighted by atomic mass is 10.1.